The monoisotopic (exact) mass is 193 g/mol. The van der Waals surface area contributed by atoms with Crippen molar-refractivity contribution in [3.05, 3.63) is 5.89 Å². The second-order valence-corrected chi connectivity index (χ2v) is 5.11. The Morgan fingerprint density at radius 1 is 1.36 bits per heavy atom. The molecule has 1 aromatic rings. The lowest BCUT2D eigenvalue weighted by Crippen LogP contribution is -2.08. The molecule has 1 heterocycles. The summed E-state index contributed by atoms with van der Waals surface area (Å²) < 4.78 is 5.52. The van der Waals surface area contributed by atoms with Crippen molar-refractivity contribution in [3.63, 3.8) is 0 Å². The van der Waals surface area contributed by atoms with Crippen LogP contribution in [0, 0.1) is 5.41 Å². The normalized spacial score (nSPS) is 28.9. The van der Waals surface area contributed by atoms with Crippen LogP contribution >= 0.6 is 0 Å². The number of hydrogen-bond donors (Lipinski definition) is 1. The van der Waals surface area contributed by atoms with Gasteiger partial charge in [-0.05, 0) is 24.7 Å². The molecule has 1 N–H and O–H groups in total. The predicted octanol–water partition coefficient (Wildman–Crippen LogP) is 2.16. The Hall–Kier alpha value is -1.06. The minimum absolute atomic E-state index is 0.397. The topological polar surface area (TPSA) is 51.0 Å². The number of anilines is 1. The maximum Gasteiger partial charge on any atom is 0.315 e. The number of hydrogen-bond acceptors (Lipinski definition) is 4. The molecule has 0 saturated heterocycles. The van der Waals surface area contributed by atoms with E-state index in [1.54, 1.807) is 0 Å². The zero-order chi connectivity index (χ0) is 9.76. The number of aromatic nitrogens is 2. The Morgan fingerprint density at radius 3 is 2.64 bits per heavy atom. The predicted molar refractivity (Wildman–Crippen MR) is 52.1 cm³/mol. The van der Waals surface area contributed by atoms with Crippen LogP contribution in [0.2, 0.25) is 0 Å². The van der Waals surface area contributed by atoms with Crippen LogP contribution in [0.1, 0.15) is 44.9 Å². The number of nitrogens with zero attached hydrogens (tertiary/aromatic N) is 2. The summed E-state index contributed by atoms with van der Waals surface area (Å²) in [6.07, 6.45) is 3.60. The van der Waals surface area contributed by atoms with Gasteiger partial charge < -0.3 is 9.73 Å². The molecular weight excluding hydrogens is 178 g/mol. The molecule has 3 rings (SSSR count). The Morgan fingerprint density at radius 2 is 2.07 bits per heavy atom. The van der Waals surface area contributed by atoms with Crippen molar-refractivity contribution < 1.29 is 4.42 Å². The van der Waals surface area contributed by atoms with Crippen LogP contribution in [0.5, 0.6) is 0 Å². The first-order valence-electron chi connectivity index (χ1n) is 5.25. The molecule has 0 bridgehead atoms. The molecule has 0 amide bonds. The van der Waals surface area contributed by atoms with Gasteiger partial charge in [0.2, 0.25) is 5.89 Å². The molecule has 14 heavy (non-hydrogen) atoms. The van der Waals surface area contributed by atoms with E-state index in [-0.39, 0.29) is 0 Å². The Labute approximate surface area is 83.1 Å². The van der Waals surface area contributed by atoms with Crippen molar-refractivity contribution in [1.82, 2.24) is 10.2 Å². The van der Waals surface area contributed by atoms with Crippen molar-refractivity contribution in [2.24, 2.45) is 5.41 Å². The zero-order valence-electron chi connectivity index (χ0n) is 8.58. The van der Waals surface area contributed by atoms with Gasteiger partial charge in [-0.15, -0.1) is 5.10 Å². The van der Waals surface area contributed by atoms with E-state index in [1.165, 1.54) is 19.3 Å². The molecule has 2 fully saturated rings. The van der Waals surface area contributed by atoms with Crippen molar-refractivity contribution in [2.45, 2.75) is 45.1 Å². The van der Waals surface area contributed by atoms with Gasteiger partial charge in [0, 0.05) is 12.0 Å². The molecule has 0 aliphatic heterocycles. The third kappa shape index (κ3) is 1.38. The molecule has 1 unspecified atom stereocenters. The van der Waals surface area contributed by atoms with E-state index in [1.807, 2.05) is 0 Å². The number of nitrogens with one attached hydrogen (secondary N) is 1. The highest BCUT2D eigenvalue weighted by molar-refractivity contribution is 5.27. The van der Waals surface area contributed by atoms with Gasteiger partial charge in [-0.3, -0.25) is 0 Å². The van der Waals surface area contributed by atoms with Crippen LogP contribution in [0.25, 0.3) is 0 Å². The van der Waals surface area contributed by atoms with E-state index in [0.717, 1.165) is 5.89 Å². The zero-order valence-corrected chi connectivity index (χ0v) is 8.58. The average Bonchev–Trinajstić information content (AvgIpc) is 2.98. The number of rotatable bonds is 3. The Bertz CT molecular complexity index is 354. The first-order valence-corrected chi connectivity index (χ1v) is 5.25. The summed E-state index contributed by atoms with van der Waals surface area (Å²) in [6.45, 7) is 4.48. The Kier molecular flexibility index (Phi) is 1.47. The maximum atomic E-state index is 5.52. The van der Waals surface area contributed by atoms with Gasteiger partial charge in [0.25, 0.3) is 0 Å². The average molecular weight is 193 g/mol. The first kappa shape index (κ1) is 8.26. The van der Waals surface area contributed by atoms with E-state index in [2.05, 4.69) is 29.4 Å². The van der Waals surface area contributed by atoms with E-state index in [0.29, 0.717) is 23.4 Å². The molecule has 4 heteroatoms. The van der Waals surface area contributed by atoms with Gasteiger partial charge in [0.05, 0.1) is 0 Å². The minimum Gasteiger partial charge on any atom is -0.408 e. The lowest BCUT2D eigenvalue weighted by molar-refractivity contribution is 0.502. The molecular formula is C10H15N3O. The quantitative estimate of drug-likeness (QED) is 0.799. The third-order valence-electron chi connectivity index (χ3n) is 3.18. The largest absolute Gasteiger partial charge is 0.408 e. The highest BCUT2D eigenvalue weighted by Gasteiger charge is 2.46. The molecule has 4 nitrogen and oxygen atoms in total. The molecule has 76 valence electrons. The molecule has 2 saturated carbocycles. The fourth-order valence-corrected chi connectivity index (χ4v) is 1.65. The smallest absolute Gasteiger partial charge is 0.315 e. The maximum absolute atomic E-state index is 5.52. The van der Waals surface area contributed by atoms with Gasteiger partial charge in [0.1, 0.15) is 0 Å². The molecule has 2 aliphatic rings. The third-order valence-corrected chi connectivity index (χ3v) is 3.18. The highest BCUT2D eigenvalue weighted by atomic mass is 16.4. The summed E-state index contributed by atoms with van der Waals surface area (Å²) in [5.74, 6) is 1.36. The fraction of sp³-hybridized carbons (Fsp3) is 0.800. The van der Waals surface area contributed by atoms with Crippen LogP contribution in [0.4, 0.5) is 6.01 Å². The van der Waals surface area contributed by atoms with Gasteiger partial charge in [-0.2, -0.15) is 0 Å². The molecule has 0 aromatic carbocycles. The summed E-state index contributed by atoms with van der Waals surface area (Å²) in [5.41, 5.74) is 0.397. The summed E-state index contributed by atoms with van der Waals surface area (Å²) in [5, 5.41) is 11.3. The standard InChI is InChI=1S/C10H15N3O/c1-10(2)5-7(10)11-9-13-12-8(14-9)6-3-4-6/h6-7H,3-5H2,1-2H3,(H,11,13). The van der Waals surface area contributed by atoms with E-state index in [4.69, 9.17) is 4.42 Å². The summed E-state index contributed by atoms with van der Waals surface area (Å²) in [4.78, 5) is 0. The van der Waals surface area contributed by atoms with E-state index in [9.17, 15) is 0 Å². The highest BCUT2D eigenvalue weighted by Crippen LogP contribution is 2.46. The van der Waals surface area contributed by atoms with E-state index >= 15 is 0 Å². The second kappa shape index (κ2) is 2.49. The summed E-state index contributed by atoms with van der Waals surface area (Å²) >= 11 is 0. The van der Waals surface area contributed by atoms with Crippen LogP contribution < -0.4 is 5.32 Å². The van der Waals surface area contributed by atoms with Gasteiger partial charge in [-0.25, -0.2) is 0 Å². The lowest BCUT2D eigenvalue weighted by atomic mass is 10.2. The van der Waals surface area contributed by atoms with Crippen LogP contribution in [-0.2, 0) is 0 Å². The molecule has 0 radical (unpaired) electrons. The van der Waals surface area contributed by atoms with Crippen LogP contribution in [0.3, 0.4) is 0 Å². The SMILES string of the molecule is CC1(C)CC1Nc1nnc(C2CC2)o1. The fourth-order valence-electron chi connectivity index (χ4n) is 1.65. The van der Waals surface area contributed by atoms with E-state index < -0.39 is 0 Å². The summed E-state index contributed by atoms with van der Waals surface area (Å²) in [7, 11) is 0. The summed E-state index contributed by atoms with van der Waals surface area (Å²) in [6, 6.07) is 1.11. The lowest BCUT2D eigenvalue weighted by Gasteiger charge is -2.01. The minimum atomic E-state index is 0.397. The molecule has 0 spiro atoms. The van der Waals surface area contributed by atoms with Crippen molar-refractivity contribution in [3.8, 4) is 0 Å². The van der Waals surface area contributed by atoms with Crippen molar-refractivity contribution >= 4 is 6.01 Å². The van der Waals surface area contributed by atoms with Crippen LogP contribution in [-0.4, -0.2) is 16.2 Å². The molecule has 1 atom stereocenters. The second-order valence-electron chi connectivity index (χ2n) is 5.11. The van der Waals surface area contributed by atoms with Crippen molar-refractivity contribution in [1.29, 1.82) is 0 Å². The van der Waals surface area contributed by atoms with Gasteiger partial charge >= 0.3 is 6.01 Å². The van der Waals surface area contributed by atoms with Crippen LogP contribution in [0.15, 0.2) is 4.42 Å². The molecule has 1 aromatic heterocycles. The van der Waals surface area contributed by atoms with Crippen molar-refractivity contribution in [2.75, 3.05) is 5.32 Å². The Balaban J connectivity index is 1.66. The van der Waals surface area contributed by atoms with Gasteiger partial charge in [-0.1, -0.05) is 18.9 Å². The molecule has 2 aliphatic carbocycles. The first-order chi connectivity index (χ1) is 6.65. The van der Waals surface area contributed by atoms with Gasteiger partial charge in [0.15, 0.2) is 0 Å².